The Morgan fingerprint density at radius 2 is 1.86 bits per heavy atom. The molecule has 0 saturated carbocycles. The standard InChI is InChI=1S/C17H20N2O2/c1-12-9-10-18-15(11-12)19-16(20)17(2,3)13-5-7-14(21-4)8-6-13/h5-11H,1-4H3,(H,18,19,20). The maximum atomic E-state index is 12.5. The molecule has 0 atom stereocenters. The Labute approximate surface area is 125 Å². The highest BCUT2D eigenvalue weighted by Crippen LogP contribution is 2.26. The Bertz CT molecular complexity index is 633. The zero-order chi connectivity index (χ0) is 15.5. The highest BCUT2D eigenvalue weighted by atomic mass is 16.5. The van der Waals surface area contributed by atoms with Crippen LogP contribution in [-0.4, -0.2) is 18.0 Å². The van der Waals surface area contributed by atoms with Gasteiger partial charge < -0.3 is 10.1 Å². The summed E-state index contributed by atoms with van der Waals surface area (Å²) in [5.74, 6) is 1.25. The number of amides is 1. The predicted octanol–water partition coefficient (Wildman–Crippen LogP) is 3.31. The fourth-order valence-electron chi connectivity index (χ4n) is 2.02. The Morgan fingerprint density at radius 1 is 1.19 bits per heavy atom. The van der Waals surface area contributed by atoms with Crippen LogP contribution in [0.4, 0.5) is 5.82 Å². The topological polar surface area (TPSA) is 51.2 Å². The summed E-state index contributed by atoms with van der Waals surface area (Å²) in [4.78, 5) is 16.7. The Kier molecular flexibility index (Phi) is 4.26. The monoisotopic (exact) mass is 284 g/mol. The van der Waals surface area contributed by atoms with Crippen molar-refractivity contribution >= 4 is 11.7 Å². The summed E-state index contributed by atoms with van der Waals surface area (Å²) in [5.41, 5.74) is 1.33. The number of nitrogens with zero attached hydrogens (tertiary/aromatic N) is 1. The van der Waals surface area contributed by atoms with Gasteiger partial charge in [-0.2, -0.15) is 0 Å². The summed E-state index contributed by atoms with van der Waals surface area (Å²) in [6.45, 7) is 5.74. The summed E-state index contributed by atoms with van der Waals surface area (Å²) in [6, 6.07) is 11.3. The summed E-state index contributed by atoms with van der Waals surface area (Å²) in [5, 5.41) is 2.87. The van der Waals surface area contributed by atoms with Crippen LogP contribution in [0.5, 0.6) is 5.75 Å². The second-order valence-electron chi connectivity index (χ2n) is 5.53. The van der Waals surface area contributed by atoms with Crippen LogP contribution in [0.2, 0.25) is 0 Å². The van der Waals surface area contributed by atoms with Crippen molar-refractivity contribution < 1.29 is 9.53 Å². The van der Waals surface area contributed by atoms with Crippen LogP contribution < -0.4 is 10.1 Å². The lowest BCUT2D eigenvalue weighted by molar-refractivity contribution is -0.120. The van der Waals surface area contributed by atoms with E-state index in [0.717, 1.165) is 16.9 Å². The number of ether oxygens (including phenoxy) is 1. The normalized spacial score (nSPS) is 11.0. The number of methoxy groups -OCH3 is 1. The number of pyridine rings is 1. The van der Waals surface area contributed by atoms with Gasteiger partial charge in [0.15, 0.2) is 0 Å². The van der Waals surface area contributed by atoms with Gasteiger partial charge >= 0.3 is 0 Å². The van der Waals surface area contributed by atoms with Gasteiger partial charge in [0.05, 0.1) is 12.5 Å². The molecule has 1 aromatic heterocycles. The molecule has 1 N–H and O–H groups in total. The van der Waals surface area contributed by atoms with E-state index in [2.05, 4.69) is 10.3 Å². The molecular formula is C17H20N2O2. The molecule has 0 radical (unpaired) electrons. The maximum absolute atomic E-state index is 12.5. The Balaban J connectivity index is 2.19. The van der Waals surface area contributed by atoms with Crippen molar-refractivity contribution in [3.63, 3.8) is 0 Å². The first-order valence-electron chi connectivity index (χ1n) is 6.82. The fourth-order valence-corrected chi connectivity index (χ4v) is 2.02. The largest absolute Gasteiger partial charge is 0.497 e. The van der Waals surface area contributed by atoms with Gasteiger partial charge in [0, 0.05) is 6.20 Å². The number of anilines is 1. The van der Waals surface area contributed by atoms with Gasteiger partial charge in [0.2, 0.25) is 5.91 Å². The van der Waals surface area contributed by atoms with Crippen LogP contribution in [0.15, 0.2) is 42.6 Å². The van der Waals surface area contributed by atoms with Crippen molar-refractivity contribution in [1.82, 2.24) is 4.98 Å². The molecule has 0 aliphatic rings. The van der Waals surface area contributed by atoms with Crippen LogP contribution in [0.25, 0.3) is 0 Å². The molecule has 4 heteroatoms. The first-order chi connectivity index (χ1) is 9.93. The zero-order valence-electron chi connectivity index (χ0n) is 12.8. The van der Waals surface area contributed by atoms with Crippen LogP contribution in [-0.2, 0) is 10.2 Å². The highest BCUT2D eigenvalue weighted by molar-refractivity contribution is 5.97. The predicted molar refractivity (Wildman–Crippen MR) is 83.6 cm³/mol. The number of benzene rings is 1. The minimum atomic E-state index is -0.655. The van der Waals surface area contributed by atoms with Crippen LogP contribution >= 0.6 is 0 Å². The van der Waals surface area contributed by atoms with Gasteiger partial charge in [0.1, 0.15) is 11.6 Å². The van der Waals surface area contributed by atoms with E-state index in [-0.39, 0.29) is 5.91 Å². The molecule has 0 aliphatic heterocycles. The first-order valence-corrected chi connectivity index (χ1v) is 6.82. The lowest BCUT2D eigenvalue weighted by Crippen LogP contribution is -2.35. The highest BCUT2D eigenvalue weighted by Gasteiger charge is 2.30. The Hall–Kier alpha value is -2.36. The average molecular weight is 284 g/mol. The van der Waals surface area contributed by atoms with E-state index in [1.54, 1.807) is 13.3 Å². The second-order valence-corrected chi connectivity index (χ2v) is 5.53. The number of hydrogen-bond acceptors (Lipinski definition) is 3. The molecule has 0 aliphatic carbocycles. The number of hydrogen-bond donors (Lipinski definition) is 1. The molecule has 1 heterocycles. The molecule has 2 aromatic rings. The number of aromatic nitrogens is 1. The first kappa shape index (κ1) is 15.0. The SMILES string of the molecule is COc1ccc(C(C)(C)C(=O)Nc2cc(C)ccn2)cc1. The molecule has 4 nitrogen and oxygen atoms in total. The number of carbonyl (C=O) groups is 1. The fraction of sp³-hybridized carbons (Fsp3) is 0.294. The van der Waals surface area contributed by atoms with Crippen molar-refractivity contribution in [1.29, 1.82) is 0 Å². The number of rotatable bonds is 4. The molecule has 1 amide bonds. The average Bonchev–Trinajstić information content (AvgIpc) is 2.47. The minimum Gasteiger partial charge on any atom is -0.497 e. The number of carbonyl (C=O) groups excluding carboxylic acids is 1. The van der Waals surface area contributed by atoms with Gasteiger partial charge in [-0.15, -0.1) is 0 Å². The van der Waals surface area contributed by atoms with Crippen molar-refractivity contribution in [3.8, 4) is 5.75 Å². The number of aryl methyl sites for hydroxylation is 1. The van der Waals surface area contributed by atoms with E-state index < -0.39 is 5.41 Å². The third-order valence-electron chi connectivity index (χ3n) is 3.54. The van der Waals surface area contributed by atoms with Gasteiger partial charge in [-0.05, 0) is 56.2 Å². The van der Waals surface area contributed by atoms with Crippen molar-refractivity contribution in [3.05, 3.63) is 53.7 Å². The lowest BCUT2D eigenvalue weighted by atomic mass is 9.83. The van der Waals surface area contributed by atoms with E-state index >= 15 is 0 Å². The molecule has 0 saturated heterocycles. The molecule has 21 heavy (non-hydrogen) atoms. The molecular weight excluding hydrogens is 264 g/mol. The van der Waals surface area contributed by atoms with E-state index in [4.69, 9.17) is 4.74 Å². The van der Waals surface area contributed by atoms with Crippen LogP contribution in [0, 0.1) is 6.92 Å². The van der Waals surface area contributed by atoms with E-state index in [0.29, 0.717) is 5.82 Å². The quantitative estimate of drug-likeness (QED) is 0.937. The summed E-state index contributed by atoms with van der Waals surface area (Å²) >= 11 is 0. The van der Waals surface area contributed by atoms with Crippen molar-refractivity contribution in [2.75, 3.05) is 12.4 Å². The molecule has 2 rings (SSSR count). The second kappa shape index (κ2) is 5.95. The minimum absolute atomic E-state index is 0.0919. The van der Waals surface area contributed by atoms with Crippen molar-refractivity contribution in [2.24, 2.45) is 0 Å². The third kappa shape index (κ3) is 3.40. The summed E-state index contributed by atoms with van der Waals surface area (Å²) in [6.07, 6.45) is 1.69. The third-order valence-corrected chi connectivity index (χ3v) is 3.54. The smallest absolute Gasteiger partial charge is 0.235 e. The van der Waals surface area contributed by atoms with E-state index in [1.165, 1.54) is 0 Å². The van der Waals surface area contributed by atoms with E-state index in [9.17, 15) is 4.79 Å². The zero-order valence-corrected chi connectivity index (χ0v) is 12.8. The van der Waals surface area contributed by atoms with Crippen LogP contribution in [0.3, 0.4) is 0 Å². The van der Waals surface area contributed by atoms with Crippen molar-refractivity contribution in [2.45, 2.75) is 26.2 Å². The molecule has 0 unspecified atom stereocenters. The maximum Gasteiger partial charge on any atom is 0.235 e. The molecule has 110 valence electrons. The van der Waals surface area contributed by atoms with Gasteiger partial charge in [-0.1, -0.05) is 12.1 Å². The van der Waals surface area contributed by atoms with Gasteiger partial charge in [-0.3, -0.25) is 4.79 Å². The molecule has 1 aromatic carbocycles. The molecule has 0 spiro atoms. The lowest BCUT2D eigenvalue weighted by Gasteiger charge is -2.24. The van der Waals surface area contributed by atoms with E-state index in [1.807, 2.05) is 57.2 Å². The summed E-state index contributed by atoms with van der Waals surface area (Å²) in [7, 11) is 1.62. The summed E-state index contributed by atoms with van der Waals surface area (Å²) < 4.78 is 5.14. The van der Waals surface area contributed by atoms with Gasteiger partial charge in [-0.25, -0.2) is 4.98 Å². The van der Waals surface area contributed by atoms with Gasteiger partial charge in [0.25, 0.3) is 0 Å². The Morgan fingerprint density at radius 3 is 2.43 bits per heavy atom. The molecule has 0 fully saturated rings. The van der Waals surface area contributed by atoms with Crippen LogP contribution in [0.1, 0.15) is 25.0 Å². The molecule has 0 bridgehead atoms. The number of nitrogens with one attached hydrogen (secondary N) is 1.